The van der Waals surface area contributed by atoms with E-state index in [1.54, 1.807) is 13.0 Å². The van der Waals surface area contributed by atoms with Gasteiger partial charge in [-0.15, -0.1) is 0 Å². The number of aromatic nitrogens is 2. The molecule has 0 aliphatic heterocycles. The lowest BCUT2D eigenvalue weighted by Crippen LogP contribution is -2.29. The van der Waals surface area contributed by atoms with Crippen LogP contribution in [0.4, 0.5) is 22.0 Å². The number of pyridine rings is 1. The average Bonchev–Trinajstić information content (AvgIpc) is 3.11. The Morgan fingerprint density at radius 3 is 2.44 bits per heavy atom. The molecule has 34 heavy (non-hydrogen) atoms. The Morgan fingerprint density at radius 2 is 1.82 bits per heavy atom. The van der Waals surface area contributed by atoms with Crippen LogP contribution in [0.5, 0.6) is 5.75 Å². The molecular formula is C23H23F5N2O4. The fraction of sp³-hybridized carbons (Fsp3) is 0.391. The minimum atomic E-state index is -4.77. The second-order valence-electron chi connectivity index (χ2n) is 7.91. The number of hydrogen-bond donors (Lipinski definition) is 2. The van der Waals surface area contributed by atoms with E-state index in [0.717, 1.165) is 12.1 Å². The van der Waals surface area contributed by atoms with E-state index in [2.05, 4.69) is 4.98 Å². The molecule has 2 N–H and O–H groups in total. The third-order valence-corrected chi connectivity index (χ3v) is 5.44. The van der Waals surface area contributed by atoms with Crippen LogP contribution in [-0.2, 0) is 6.61 Å². The first-order valence-electron chi connectivity index (χ1n) is 10.4. The van der Waals surface area contributed by atoms with Crippen LogP contribution < -0.4 is 4.74 Å². The maximum atomic E-state index is 13.9. The molecule has 184 valence electrons. The number of benzene rings is 1. The van der Waals surface area contributed by atoms with Gasteiger partial charge in [-0.25, -0.2) is 13.8 Å². The number of aryl methyl sites for hydroxylation is 1. The molecule has 11 heteroatoms. The third kappa shape index (κ3) is 5.71. The van der Waals surface area contributed by atoms with E-state index in [4.69, 9.17) is 9.84 Å². The number of aliphatic hydroxyl groups is 2. The van der Waals surface area contributed by atoms with Gasteiger partial charge in [0, 0.05) is 19.2 Å². The summed E-state index contributed by atoms with van der Waals surface area (Å²) in [6.07, 6.45) is -6.89. The summed E-state index contributed by atoms with van der Waals surface area (Å²) in [7, 11) is 0. The van der Waals surface area contributed by atoms with Gasteiger partial charge in [0.25, 0.3) is 0 Å². The molecule has 0 amide bonds. The summed E-state index contributed by atoms with van der Waals surface area (Å²) >= 11 is 0. The average molecular weight is 486 g/mol. The first-order valence-corrected chi connectivity index (χ1v) is 10.4. The molecule has 2 atom stereocenters. The predicted octanol–water partition coefficient (Wildman–Crippen LogP) is 4.38. The summed E-state index contributed by atoms with van der Waals surface area (Å²) in [4.78, 5) is 17.2. The maximum Gasteiger partial charge on any atom is 0.414 e. The molecule has 0 radical (unpaired) electrons. The molecule has 3 aromatic rings. The molecule has 3 rings (SSSR count). The second kappa shape index (κ2) is 10.5. The van der Waals surface area contributed by atoms with Gasteiger partial charge in [0.15, 0.2) is 17.2 Å². The summed E-state index contributed by atoms with van der Waals surface area (Å²) in [5.74, 6) is -2.64. The van der Waals surface area contributed by atoms with Gasteiger partial charge >= 0.3 is 6.18 Å². The molecule has 0 saturated heterocycles. The lowest BCUT2D eigenvalue weighted by molar-refractivity contribution is -0.206. The Kier molecular flexibility index (Phi) is 7.88. The summed E-state index contributed by atoms with van der Waals surface area (Å²) in [5, 5.41) is 18.7. The van der Waals surface area contributed by atoms with E-state index >= 15 is 0 Å². The molecule has 0 saturated carbocycles. The van der Waals surface area contributed by atoms with Crippen molar-refractivity contribution in [1.29, 1.82) is 0 Å². The van der Waals surface area contributed by atoms with E-state index in [0.29, 0.717) is 5.69 Å². The highest BCUT2D eigenvalue weighted by atomic mass is 19.4. The Hall–Kier alpha value is -3.05. The van der Waals surface area contributed by atoms with Gasteiger partial charge in [-0.05, 0) is 49.9 Å². The Morgan fingerprint density at radius 1 is 1.15 bits per heavy atom. The molecule has 6 nitrogen and oxygen atoms in total. The number of hydrogen-bond acceptors (Lipinski definition) is 5. The van der Waals surface area contributed by atoms with Crippen molar-refractivity contribution in [2.24, 2.45) is 5.92 Å². The van der Waals surface area contributed by atoms with Crippen LogP contribution in [0.2, 0.25) is 0 Å². The van der Waals surface area contributed by atoms with Gasteiger partial charge in [-0.3, -0.25) is 9.20 Å². The number of Topliss-reactive ketones (excluding diaryl/α,β-unsaturated/α-hetero) is 1. The number of imidazole rings is 1. The number of halogens is 5. The van der Waals surface area contributed by atoms with Crippen LogP contribution in [0.25, 0.3) is 5.65 Å². The van der Waals surface area contributed by atoms with Crippen LogP contribution in [0, 0.1) is 24.5 Å². The van der Waals surface area contributed by atoms with Gasteiger partial charge in [0.2, 0.25) is 0 Å². The zero-order chi connectivity index (χ0) is 25.0. The molecule has 0 aliphatic carbocycles. The molecule has 0 fully saturated rings. The highest BCUT2D eigenvalue weighted by molar-refractivity contribution is 5.96. The molecule has 0 aliphatic rings. The standard InChI is InChI=1S/C23H23F5N2O4/c1-13-21(18(32)10-14(11-31)7-8-20(33)23(26,27)28)30-9-3-6-19(22(30)29-13)34-12-15-16(24)4-2-5-17(15)25/h2-6,9,14,20,31,33H,7-8,10-12H2,1H3. The zero-order valence-corrected chi connectivity index (χ0v) is 18.1. The van der Waals surface area contributed by atoms with Gasteiger partial charge < -0.3 is 14.9 Å². The van der Waals surface area contributed by atoms with Crippen molar-refractivity contribution in [3.05, 3.63) is 65.1 Å². The SMILES string of the molecule is Cc1nc2c(OCc3c(F)cccc3F)cccn2c1C(=O)CC(CO)CCC(O)C(F)(F)F. The Balaban J connectivity index is 1.78. The molecule has 0 spiro atoms. The quantitative estimate of drug-likeness (QED) is 0.328. The third-order valence-electron chi connectivity index (χ3n) is 5.44. The molecule has 2 heterocycles. The number of alkyl halides is 3. The highest BCUT2D eigenvalue weighted by Crippen LogP contribution is 2.28. The second-order valence-corrected chi connectivity index (χ2v) is 7.91. The van der Waals surface area contributed by atoms with Gasteiger partial charge in [-0.1, -0.05) is 6.07 Å². The summed E-state index contributed by atoms with van der Waals surface area (Å²) in [6.45, 7) is 0.609. The zero-order valence-electron chi connectivity index (χ0n) is 18.1. The van der Waals surface area contributed by atoms with E-state index in [1.165, 1.54) is 22.7 Å². The van der Waals surface area contributed by atoms with Gasteiger partial charge in [0.1, 0.15) is 30.0 Å². The number of carbonyl (C=O) groups is 1. The fourth-order valence-corrected chi connectivity index (χ4v) is 3.60. The van der Waals surface area contributed by atoms with Crippen molar-refractivity contribution in [1.82, 2.24) is 9.38 Å². The molecule has 2 unspecified atom stereocenters. The van der Waals surface area contributed by atoms with Crippen molar-refractivity contribution in [3.8, 4) is 5.75 Å². The topological polar surface area (TPSA) is 84.1 Å². The largest absolute Gasteiger partial charge is 0.485 e. The highest BCUT2D eigenvalue weighted by Gasteiger charge is 2.38. The van der Waals surface area contributed by atoms with Crippen LogP contribution in [0.3, 0.4) is 0 Å². The Bertz CT molecular complexity index is 1140. The number of ether oxygens (including phenoxy) is 1. The van der Waals surface area contributed by atoms with Crippen molar-refractivity contribution in [2.45, 2.75) is 45.1 Å². The number of nitrogens with zero attached hydrogens (tertiary/aromatic N) is 2. The van der Waals surface area contributed by atoms with Crippen LogP contribution >= 0.6 is 0 Å². The van der Waals surface area contributed by atoms with E-state index in [1.807, 2.05) is 0 Å². The minimum absolute atomic E-state index is 0.146. The fourth-order valence-electron chi connectivity index (χ4n) is 3.60. The monoisotopic (exact) mass is 486 g/mol. The van der Waals surface area contributed by atoms with E-state index in [9.17, 15) is 31.9 Å². The van der Waals surface area contributed by atoms with Gasteiger partial charge in [-0.2, -0.15) is 13.2 Å². The van der Waals surface area contributed by atoms with Crippen molar-refractivity contribution < 1.29 is 41.7 Å². The number of fused-ring (bicyclic) bond motifs is 1. The summed E-state index contributed by atoms with van der Waals surface area (Å²) in [6, 6.07) is 6.49. The lowest BCUT2D eigenvalue weighted by atomic mass is 9.94. The number of ketones is 1. The number of rotatable bonds is 10. The normalized spacial score (nSPS) is 13.8. The first kappa shape index (κ1) is 25.6. The van der Waals surface area contributed by atoms with Crippen LogP contribution in [-0.4, -0.2) is 44.3 Å². The molecule has 1 aromatic carbocycles. The van der Waals surface area contributed by atoms with Gasteiger partial charge in [0.05, 0.1) is 11.3 Å². The lowest BCUT2D eigenvalue weighted by Gasteiger charge is -2.18. The molecule has 0 bridgehead atoms. The maximum absolute atomic E-state index is 13.9. The summed E-state index contributed by atoms with van der Waals surface area (Å²) in [5.41, 5.74) is 0.404. The van der Waals surface area contributed by atoms with Crippen LogP contribution in [0.1, 0.15) is 41.0 Å². The number of carbonyl (C=O) groups excluding carboxylic acids is 1. The molecule has 2 aromatic heterocycles. The smallest absolute Gasteiger partial charge is 0.414 e. The van der Waals surface area contributed by atoms with E-state index in [-0.39, 0.29) is 35.5 Å². The predicted molar refractivity (Wildman–Crippen MR) is 111 cm³/mol. The number of aliphatic hydroxyl groups excluding tert-OH is 2. The van der Waals surface area contributed by atoms with E-state index < -0.39 is 55.3 Å². The van der Waals surface area contributed by atoms with Crippen molar-refractivity contribution >= 4 is 11.4 Å². The van der Waals surface area contributed by atoms with Crippen LogP contribution in [0.15, 0.2) is 36.5 Å². The summed E-state index contributed by atoms with van der Waals surface area (Å²) < 4.78 is 72.3. The van der Waals surface area contributed by atoms with Crippen molar-refractivity contribution in [3.63, 3.8) is 0 Å². The minimum Gasteiger partial charge on any atom is -0.485 e. The Labute approximate surface area is 191 Å². The van der Waals surface area contributed by atoms with Crippen molar-refractivity contribution in [2.75, 3.05) is 6.61 Å². The first-order chi connectivity index (χ1) is 16.0. The molecular weight excluding hydrogens is 463 g/mol.